The number of benzene rings is 1. The van der Waals surface area contributed by atoms with E-state index in [2.05, 4.69) is 29.1 Å². The van der Waals surface area contributed by atoms with Crippen LogP contribution in [0.1, 0.15) is 30.5 Å². The van der Waals surface area contributed by atoms with E-state index in [1.54, 1.807) is 6.92 Å². The number of carbonyl (C=O) groups excluding carboxylic acids is 1. The molecule has 1 aromatic carbocycles. The van der Waals surface area contributed by atoms with Gasteiger partial charge in [-0.2, -0.15) is 0 Å². The van der Waals surface area contributed by atoms with Crippen LogP contribution in [0.2, 0.25) is 0 Å². The van der Waals surface area contributed by atoms with Crippen molar-refractivity contribution in [3.8, 4) is 0 Å². The summed E-state index contributed by atoms with van der Waals surface area (Å²) in [4.78, 5) is 12.9. The lowest BCUT2D eigenvalue weighted by molar-refractivity contribution is -0.115. The zero-order valence-electron chi connectivity index (χ0n) is 11.5. The molecule has 1 fully saturated rings. The standard InChI is InChI=1S/C15H20N2O2/c1-3-13-6-14(11(2)16-19)4-5-15(13)9-17-7-12(8-17)10-18/h4-6,10,12,19H,3,7-9H2,1-2H3/b16-11-. The number of aldehydes is 1. The zero-order chi connectivity index (χ0) is 13.8. The molecule has 4 nitrogen and oxygen atoms in total. The minimum atomic E-state index is 0.216. The molecule has 0 saturated carbocycles. The fourth-order valence-corrected chi connectivity index (χ4v) is 2.46. The highest BCUT2D eigenvalue weighted by Crippen LogP contribution is 2.21. The van der Waals surface area contributed by atoms with Gasteiger partial charge in [0.15, 0.2) is 0 Å². The van der Waals surface area contributed by atoms with E-state index in [1.165, 1.54) is 11.1 Å². The molecule has 1 aliphatic rings. The molecule has 19 heavy (non-hydrogen) atoms. The summed E-state index contributed by atoms with van der Waals surface area (Å²) >= 11 is 0. The lowest BCUT2D eigenvalue weighted by Gasteiger charge is -2.36. The Morgan fingerprint density at radius 3 is 2.79 bits per heavy atom. The van der Waals surface area contributed by atoms with Crippen molar-refractivity contribution in [2.24, 2.45) is 11.1 Å². The molecule has 0 unspecified atom stereocenters. The van der Waals surface area contributed by atoms with Gasteiger partial charge in [-0.05, 0) is 36.1 Å². The first-order chi connectivity index (χ1) is 9.17. The molecule has 0 aliphatic carbocycles. The maximum absolute atomic E-state index is 10.6. The zero-order valence-corrected chi connectivity index (χ0v) is 11.5. The van der Waals surface area contributed by atoms with E-state index in [0.717, 1.165) is 37.9 Å². The Balaban J connectivity index is 2.11. The van der Waals surface area contributed by atoms with Crippen molar-refractivity contribution in [1.82, 2.24) is 4.90 Å². The summed E-state index contributed by atoms with van der Waals surface area (Å²) in [6, 6.07) is 6.17. The Hall–Kier alpha value is -1.68. The van der Waals surface area contributed by atoms with Crippen molar-refractivity contribution in [3.05, 3.63) is 34.9 Å². The second-order valence-electron chi connectivity index (χ2n) is 5.11. The molecule has 1 aromatic rings. The van der Waals surface area contributed by atoms with Crippen LogP contribution in [-0.4, -0.2) is 35.2 Å². The molecular formula is C15H20N2O2. The summed E-state index contributed by atoms with van der Waals surface area (Å²) in [5.41, 5.74) is 4.15. The Labute approximate surface area is 113 Å². The SMILES string of the molecule is CCc1cc(/C(C)=N\O)ccc1CN1CC(C=O)C1. The van der Waals surface area contributed by atoms with Crippen molar-refractivity contribution < 1.29 is 10.0 Å². The van der Waals surface area contributed by atoms with E-state index >= 15 is 0 Å². The van der Waals surface area contributed by atoms with Crippen molar-refractivity contribution >= 4 is 12.0 Å². The number of oxime groups is 1. The number of nitrogens with zero attached hydrogens (tertiary/aromatic N) is 2. The van der Waals surface area contributed by atoms with Gasteiger partial charge in [-0.1, -0.05) is 24.2 Å². The van der Waals surface area contributed by atoms with E-state index < -0.39 is 0 Å². The van der Waals surface area contributed by atoms with Gasteiger partial charge in [-0.15, -0.1) is 0 Å². The highest BCUT2D eigenvalue weighted by atomic mass is 16.4. The summed E-state index contributed by atoms with van der Waals surface area (Å²) in [5.74, 6) is 0.216. The lowest BCUT2D eigenvalue weighted by atomic mass is 9.96. The largest absolute Gasteiger partial charge is 0.411 e. The second-order valence-corrected chi connectivity index (χ2v) is 5.11. The molecule has 0 atom stereocenters. The van der Waals surface area contributed by atoms with Crippen LogP contribution in [0.15, 0.2) is 23.4 Å². The smallest absolute Gasteiger partial charge is 0.125 e. The van der Waals surface area contributed by atoms with Gasteiger partial charge in [0.2, 0.25) is 0 Å². The minimum Gasteiger partial charge on any atom is -0.411 e. The highest BCUT2D eigenvalue weighted by molar-refractivity contribution is 5.98. The van der Waals surface area contributed by atoms with E-state index in [1.807, 2.05) is 6.07 Å². The number of likely N-dealkylation sites (tertiary alicyclic amines) is 1. The molecule has 2 rings (SSSR count). The van der Waals surface area contributed by atoms with Crippen LogP contribution in [-0.2, 0) is 17.8 Å². The van der Waals surface area contributed by atoms with Crippen LogP contribution in [0.3, 0.4) is 0 Å². The Morgan fingerprint density at radius 1 is 1.47 bits per heavy atom. The predicted octanol–water partition coefficient (Wildman–Crippen LogP) is 2.08. The van der Waals surface area contributed by atoms with Gasteiger partial charge in [0.1, 0.15) is 6.29 Å². The van der Waals surface area contributed by atoms with E-state index in [9.17, 15) is 4.79 Å². The van der Waals surface area contributed by atoms with E-state index in [4.69, 9.17) is 5.21 Å². The highest BCUT2D eigenvalue weighted by Gasteiger charge is 2.26. The molecule has 0 radical (unpaired) electrons. The Morgan fingerprint density at radius 2 is 2.21 bits per heavy atom. The molecule has 1 saturated heterocycles. The molecule has 0 aromatic heterocycles. The maximum Gasteiger partial charge on any atom is 0.125 e. The number of aryl methyl sites for hydroxylation is 1. The third kappa shape index (κ3) is 3.01. The average molecular weight is 260 g/mol. The van der Waals surface area contributed by atoms with Gasteiger partial charge < -0.3 is 10.0 Å². The summed E-state index contributed by atoms with van der Waals surface area (Å²) in [6.07, 6.45) is 1.99. The minimum absolute atomic E-state index is 0.216. The van der Waals surface area contributed by atoms with Crippen molar-refractivity contribution in [3.63, 3.8) is 0 Å². The first-order valence-corrected chi connectivity index (χ1v) is 6.66. The Kier molecular flexibility index (Phi) is 4.32. The second kappa shape index (κ2) is 5.97. The quantitative estimate of drug-likeness (QED) is 0.382. The van der Waals surface area contributed by atoms with Gasteiger partial charge in [-0.25, -0.2) is 0 Å². The van der Waals surface area contributed by atoms with E-state index in [-0.39, 0.29) is 5.92 Å². The van der Waals surface area contributed by atoms with Crippen molar-refractivity contribution in [2.75, 3.05) is 13.1 Å². The first kappa shape index (κ1) is 13.7. The van der Waals surface area contributed by atoms with Crippen LogP contribution < -0.4 is 0 Å². The third-order valence-corrected chi connectivity index (χ3v) is 3.73. The molecule has 4 heteroatoms. The van der Waals surface area contributed by atoms with E-state index in [0.29, 0.717) is 5.71 Å². The predicted molar refractivity (Wildman–Crippen MR) is 74.6 cm³/mol. The maximum atomic E-state index is 10.6. The Bertz CT molecular complexity index is 491. The fraction of sp³-hybridized carbons (Fsp3) is 0.467. The molecule has 0 bridgehead atoms. The molecule has 102 valence electrons. The molecule has 1 heterocycles. The van der Waals surface area contributed by atoms with Crippen LogP contribution in [0.4, 0.5) is 0 Å². The molecular weight excluding hydrogens is 240 g/mol. The molecule has 1 N–H and O–H groups in total. The summed E-state index contributed by atoms with van der Waals surface area (Å²) < 4.78 is 0. The van der Waals surface area contributed by atoms with Gasteiger partial charge in [-0.3, -0.25) is 4.90 Å². The monoisotopic (exact) mass is 260 g/mol. The summed E-state index contributed by atoms with van der Waals surface area (Å²) in [7, 11) is 0. The normalized spacial score (nSPS) is 17.3. The average Bonchev–Trinajstić information content (AvgIpc) is 2.41. The summed E-state index contributed by atoms with van der Waals surface area (Å²) in [6.45, 7) is 6.54. The number of carbonyl (C=O) groups is 1. The topological polar surface area (TPSA) is 52.9 Å². The van der Waals surface area contributed by atoms with Crippen LogP contribution in [0.5, 0.6) is 0 Å². The van der Waals surface area contributed by atoms with Crippen molar-refractivity contribution in [2.45, 2.75) is 26.8 Å². The van der Waals surface area contributed by atoms with Crippen LogP contribution in [0.25, 0.3) is 0 Å². The van der Waals surface area contributed by atoms with Gasteiger partial charge in [0.05, 0.1) is 5.71 Å². The van der Waals surface area contributed by atoms with Gasteiger partial charge in [0, 0.05) is 25.6 Å². The number of rotatable bonds is 5. The summed E-state index contributed by atoms with van der Waals surface area (Å²) in [5, 5.41) is 12.1. The van der Waals surface area contributed by atoms with Gasteiger partial charge >= 0.3 is 0 Å². The van der Waals surface area contributed by atoms with Crippen molar-refractivity contribution in [1.29, 1.82) is 0 Å². The van der Waals surface area contributed by atoms with Gasteiger partial charge in [0.25, 0.3) is 0 Å². The first-order valence-electron chi connectivity index (χ1n) is 6.66. The third-order valence-electron chi connectivity index (χ3n) is 3.73. The number of hydrogen-bond acceptors (Lipinski definition) is 4. The molecule has 1 aliphatic heterocycles. The fourth-order valence-electron chi connectivity index (χ4n) is 2.46. The molecule has 0 spiro atoms. The number of hydrogen-bond donors (Lipinski definition) is 1. The van der Waals surface area contributed by atoms with Crippen LogP contribution in [0, 0.1) is 5.92 Å². The van der Waals surface area contributed by atoms with Crippen LogP contribution >= 0.6 is 0 Å². The lowest BCUT2D eigenvalue weighted by Crippen LogP contribution is -2.46. The molecule has 0 amide bonds.